The Morgan fingerprint density at radius 3 is 2.56 bits per heavy atom. The highest BCUT2D eigenvalue weighted by Gasteiger charge is 2.22. The van der Waals surface area contributed by atoms with Crippen molar-refractivity contribution in [1.29, 1.82) is 0 Å². The second kappa shape index (κ2) is 12.7. The molecule has 0 fully saturated rings. The first-order valence-corrected chi connectivity index (χ1v) is 14.4. The molecular formula is C33H32ClNO3S. The van der Waals surface area contributed by atoms with Crippen molar-refractivity contribution in [1.82, 2.24) is 4.98 Å². The lowest BCUT2D eigenvalue weighted by Crippen LogP contribution is -2.18. The third-order valence-corrected chi connectivity index (χ3v) is 8.41. The van der Waals surface area contributed by atoms with Crippen molar-refractivity contribution < 1.29 is 15.0 Å². The molecule has 3 aromatic carbocycles. The minimum absolute atomic E-state index is 0.0735. The van der Waals surface area contributed by atoms with Crippen LogP contribution in [0.2, 0.25) is 5.02 Å². The number of pyridine rings is 1. The van der Waals surface area contributed by atoms with Crippen LogP contribution >= 0.6 is 23.4 Å². The Morgan fingerprint density at radius 1 is 1.03 bits per heavy atom. The number of rotatable bonds is 9. The average Bonchev–Trinajstić information content (AvgIpc) is 2.91. The highest BCUT2D eigenvalue weighted by atomic mass is 35.5. The standard InChI is InChI=1S/C33H32ClNO3S/c1-22(32(36)37)21-39-31(18-14-24-8-4-5-10-29(24)33(2,3)38)26-9-6-7-23(19-26)11-16-28-17-13-25-12-15-27(34)20-30(25)35-28/h4-10,12-13,15,17,19-20,22,31,38H,14,18,21H2,1-3H3,(H,36,37)/t22-,31?/m1/s1. The summed E-state index contributed by atoms with van der Waals surface area (Å²) in [6, 6.07) is 25.6. The van der Waals surface area contributed by atoms with E-state index in [4.69, 9.17) is 11.6 Å². The summed E-state index contributed by atoms with van der Waals surface area (Å²) >= 11 is 7.78. The molecule has 200 valence electrons. The van der Waals surface area contributed by atoms with Crippen LogP contribution in [0.3, 0.4) is 0 Å². The Labute approximate surface area is 239 Å². The van der Waals surface area contributed by atoms with Crippen LogP contribution in [0.1, 0.15) is 60.4 Å². The maximum atomic E-state index is 11.5. The zero-order valence-corrected chi connectivity index (χ0v) is 23.9. The number of carboxylic acid groups (broad SMARTS) is 1. The molecule has 0 amide bonds. The van der Waals surface area contributed by atoms with E-state index in [1.54, 1.807) is 32.5 Å². The number of benzene rings is 3. The summed E-state index contributed by atoms with van der Waals surface area (Å²) in [7, 11) is 0. The van der Waals surface area contributed by atoms with Crippen molar-refractivity contribution in [3.8, 4) is 11.8 Å². The van der Waals surface area contributed by atoms with E-state index >= 15 is 0 Å². The summed E-state index contributed by atoms with van der Waals surface area (Å²) in [5.74, 6) is 5.67. The molecule has 1 aromatic heterocycles. The minimum Gasteiger partial charge on any atom is -0.481 e. The van der Waals surface area contributed by atoms with Crippen LogP contribution in [-0.2, 0) is 16.8 Å². The molecule has 1 heterocycles. The highest BCUT2D eigenvalue weighted by Crippen LogP contribution is 2.36. The molecule has 0 aliphatic rings. The monoisotopic (exact) mass is 557 g/mol. The number of hydrogen-bond acceptors (Lipinski definition) is 4. The Kier molecular flexibility index (Phi) is 9.35. The second-order valence-electron chi connectivity index (χ2n) is 10.2. The quantitative estimate of drug-likeness (QED) is 0.207. The lowest BCUT2D eigenvalue weighted by molar-refractivity contribution is -0.140. The summed E-state index contributed by atoms with van der Waals surface area (Å²) < 4.78 is 0. The topological polar surface area (TPSA) is 70.4 Å². The summed E-state index contributed by atoms with van der Waals surface area (Å²) in [4.78, 5) is 16.1. The average molecular weight is 558 g/mol. The van der Waals surface area contributed by atoms with E-state index in [9.17, 15) is 15.0 Å². The van der Waals surface area contributed by atoms with Crippen LogP contribution in [0.25, 0.3) is 10.9 Å². The number of halogens is 1. The molecule has 1 unspecified atom stereocenters. The van der Waals surface area contributed by atoms with Gasteiger partial charge in [0.1, 0.15) is 5.69 Å². The van der Waals surface area contributed by atoms with Crippen LogP contribution in [0.4, 0.5) is 0 Å². The van der Waals surface area contributed by atoms with Crippen LogP contribution < -0.4 is 0 Å². The van der Waals surface area contributed by atoms with Gasteiger partial charge < -0.3 is 10.2 Å². The Hall–Kier alpha value is -3.30. The lowest BCUT2D eigenvalue weighted by Gasteiger charge is -2.23. The number of aliphatic hydroxyl groups is 1. The van der Waals surface area contributed by atoms with Gasteiger partial charge in [0.15, 0.2) is 0 Å². The fourth-order valence-electron chi connectivity index (χ4n) is 4.41. The van der Waals surface area contributed by atoms with Gasteiger partial charge in [-0.1, -0.05) is 73.0 Å². The van der Waals surface area contributed by atoms with Gasteiger partial charge in [-0.2, -0.15) is 11.8 Å². The van der Waals surface area contributed by atoms with E-state index in [0.717, 1.165) is 46.0 Å². The van der Waals surface area contributed by atoms with Gasteiger partial charge in [0.05, 0.1) is 17.0 Å². The second-order valence-corrected chi connectivity index (χ2v) is 11.9. The normalized spacial score (nSPS) is 12.9. The van der Waals surface area contributed by atoms with Crippen LogP contribution in [0.5, 0.6) is 0 Å². The molecule has 0 saturated heterocycles. The summed E-state index contributed by atoms with van der Waals surface area (Å²) in [6.45, 7) is 5.34. The van der Waals surface area contributed by atoms with Crippen molar-refractivity contribution in [2.45, 2.75) is 44.5 Å². The van der Waals surface area contributed by atoms with Crippen LogP contribution in [0.15, 0.2) is 78.9 Å². The number of carboxylic acids is 1. The number of hydrogen-bond donors (Lipinski definition) is 2. The van der Waals surface area contributed by atoms with Gasteiger partial charge in [0.2, 0.25) is 0 Å². The number of thioether (sulfide) groups is 1. The van der Waals surface area contributed by atoms with Gasteiger partial charge in [-0.05, 0) is 79.6 Å². The first-order chi connectivity index (χ1) is 18.6. The maximum Gasteiger partial charge on any atom is 0.307 e. The fraction of sp³-hybridized carbons (Fsp3) is 0.273. The molecule has 4 nitrogen and oxygen atoms in total. The maximum absolute atomic E-state index is 11.5. The van der Waals surface area contributed by atoms with E-state index in [2.05, 4.69) is 35.0 Å². The van der Waals surface area contributed by atoms with E-state index in [0.29, 0.717) is 16.5 Å². The minimum atomic E-state index is -0.936. The van der Waals surface area contributed by atoms with Crippen LogP contribution in [0, 0.1) is 17.8 Å². The molecule has 0 saturated carbocycles. The van der Waals surface area contributed by atoms with Gasteiger partial charge in [0.25, 0.3) is 0 Å². The molecular weight excluding hydrogens is 526 g/mol. The fourth-order valence-corrected chi connectivity index (χ4v) is 5.87. The van der Waals surface area contributed by atoms with E-state index in [1.165, 1.54) is 0 Å². The summed E-state index contributed by atoms with van der Waals surface area (Å²) in [5.41, 5.74) is 4.52. The van der Waals surface area contributed by atoms with Gasteiger partial charge in [-0.15, -0.1) is 0 Å². The third-order valence-electron chi connectivity index (χ3n) is 6.57. The van der Waals surface area contributed by atoms with Crippen molar-refractivity contribution in [3.63, 3.8) is 0 Å². The summed E-state index contributed by atoms with van der Waals surface area (Å²) in [6.07, 6.45) is 1.56. The summed E-state index contributed by atoms with van der Waals surface area (Å²) in [5, 5.41) is 21.8. The molecule has 4 rings (SSSR count). The molecule has 2 atom stereocenters. The van der Waals surface area contributed by atoms with Crippen molar-refractivity contribution in [2.24, 2.45) is 5.92 Å². The molecule has 0 spiro atoms. The van der Waals surface area contributed by atoms with Gasteiger partial charge >= 0.3 is 5.97 Å². The molecule has 0 aliphatic carbocycles. The number of aromatic nitrogens is 1. The Morgan fingerprint density at radius 2 is 1.79 bits per heavy atom. The zero-order valence-electron chi connectivity index (χ0n) is 22.3. The first-order valence-electron chi connectivity index (χ1n) is 12.9. The van der Waals surface area contributed by atoms with Gasteiger partial charge in [-0.25, -0.2) is 4.98 Å². The van der Waals surface area contributed by atoms with E-state index < -0.39 is 17.5 Å². The number of nitrogens with zero attached hydrogens (tertiary/aromatic N) is 1. The number of aliphatic carboxylic acids is 1. The SMILES string of the molecule is C[C@H](CSC(CCc1ccccc1C(C)(C)O)c1cccc(C#Cc2ccc3ccc(Cl)cc3n2)c1)C(=O)O. The molecule has 6 heteroatoms. The molecule has 0 bridgehead atoms. The molecule has 4 aromatic rings. The number of aryl methyl sites for hydroxylation is 1. The van der Waals surface area contributed by atoms with E-state index in [1.807, 2.05) is 60.7 Å². The zero-order chi connectivity index (χ0) is 28.0. The van der Waals surface area contributed by atoms with E-state index in [-0.39, 0.29) is 5.25 Å². The third kappa shape index (κ3) is 7.86. The van der Waals surface area contributed by atoms with Crippen molar-refractivity contribution in [2.75, 3.05) is 5.75 Å². The Bertz CT molecular complexity index is 1530. The predicted molar refractivity (Wildman–Crippen MR) is 161 cm³/mol. The molecule has 0 radical (unpaired) electrons. The van der Waals surface area contributed by atoms with Crippen LogP contribution in [-0.4, -0.2) is 26.9 Å². The molecule has 39 heavy (non-hydrogen) atoms. The van der Waals surface area contributed by atoms with Crippen molar-refractivity contribution in [3.05, 3.63) is 112 Å². The smallest absolute Gasteiger partial charge is 0.307 e. The van der Waals surface area contributed by atoms with Crippen molar-refractivity contribution >= 4 is 40.2 Å². The molecule has 2 N–H and O–H groups in total. The Balaban J connectivity index is 1.58. The predicted octanol–water partition coefficient (Wildman–Crippen LogP) is 7.64. The number of fused-ring (bicyclic) bond motifs is 1. The molecule has 0 aliphatic heterocycles. The highest BCUT2D eigenvalue weighted by molar-refractivity contribution is 7.99. The van der Waals surface area contributed by atoms with Gasteiger partial charge in [0, 0.05) is 27.0 Å². The van der Waals surface area contributed by atoms with Gasteiger partial charge in [-0.3, -0.25) is 4.79 Å². The first kappa shape index (κ1) is 28.7. The number of carbonyl (C=O) groups is 1. The largest absolute Gasteiger partial charge is 0.481 e. The lowest BCUT2D eigenvalue weighted by atomic mass is 9.90.